The summed E-state index contributed by atoms with van der Waals surface area (Å²) in [5, 5.41) is 1.31. The summed E-state index contributed by atoms with van der Waals surface area (Å²) in [5.74, 6) is 1.56. The number of thioether (sulfide) groups is 1. The Morgan fingerprint density at radius 3 is 2.57 bits per heavy atom. The van der Waals surface area contributed by atoms with Crippen LogP contribution in [0.25, 0.3) is 21.3 Å². The normalized spacial score (nSPS) is 11.1. The quantitative estimate of drug-likeness (QED) is 0.262. The number of aromatic amines is 1. The highest BCUT2D eigenvalue weighted by Crippen LogP contribution is 2.35. The zero-order valence-corrected chi connectivity index (χ0v) is 17.3. The van der Waals surface area contributed by atoms with Crippen molar-refractivity contribution in [2.24, 2.45) is 0 Å². The molecule has 0 fully saturated rings. The first kappa shape index (κ1) is 18.8. The van der Waals surface area contributed by atoms with Gasteiger partial charge in [0, 0.05) is 16.2 Å². The molecule has 0 spiro atoms. The molecule has 4 rings (SSSR count). The number of nitrogens with one attached hydrogen (secondary N) is 1. The Kier molecular flexibility index (Phi) is 5.50. The van der Waals surface area contributed by atoms with E-state index in [2.05, 4.69) is 9.97 Å². The number of rotatable bonds is 6. The first-order chi connectivity index (χ1) is 13.6. The molecule has 1 N–H and O–H groups in total. The Morgan fingerprint density at radius 1 is 1.07 bits per heavy atom. The average Bonchev–Trinajstić information content (AvgIpc) is 3.03. The first-order valence-electron chi connectivity index (χ1n) is 9.03. The van der Waals surface area contributed by atoms with E-state index in [0.29, 0.717) is 22.9 Å². The smallest absolute Gasteiger partial charge is 0.260 e. The number of H-pyrrole nitrogens is 1. The molecule has 0 aliphatic heterocycles. The molecule has 6 heteroatoms. The Bertz CT molecular complexity index is 1150. The summed E-state index contributed by atoms with van der Waals surface area (Å²) < 4.78 is 5.74. The zero-order valence-electron chi connectivity index (χ0n) is 15.7. The fourth-order valence-corrected chi connectivity index (χ4v) is 4.84. The summed E-state index contributed by atoms with van der Waals surface area (Å²) in [6, 6.07) is 18.0. The molecule has 0 bridgehead atoms. The lowest BCUT2D eigenvalue weighted by molar-refractivity contribution is 0.344. The second-order valence-corrected chi connectivity index (χ2v) is 8.75. The highest BCUT2D eigenvalue weighted by molar-refractivity contribution is 7.99. The molecule has 0 unspecified atom stereocenters. The van der Waals surface area contributed by atoms with Crippen molar-refractivity contribution in [1.82, 2.24) is 9.97 Å². The van der Waals surface area contributed by atoms with Gasteiger partial charge in [-0.2, -0.15) is 0 Å². The van der Waals surface area contributed by atoms with Gasteiger partial charge in [-0.1, -0.05) is 59.8 Å². The molecule has 4 aromatic rings. The summed E-state index contributed by atoms with van der Waals surface area (Å²) in [6.07, 6.45) is 0. The second kappa shape index (κ2) is 8.20. The van der Waals surface area contributed by atoms with E-state index in [-0.39, 0.29) is 5.56 Å². The van der Waals surface area contributed by atoms with Crippen molar-refractivity contribution in [2.75, 3.05) is 12.4 Å². The van der Waals surface area contributed by atoms with Gasteiger partial charge in [0.15, 0.2) is 5.16 Å². The van der Waals surface area contributed by atoms with Crippen molar-refractivity contribution in [1.29, 1.82) is 0 Å². The molecule has 0 aliphatic carbocycles. The van der Waals surface area contributed by atoms with Crippen LogP contribution in [0.4, 0.5) is 0 Å². The van der Waals surface area contributed by atoms with Gasteiger partial charge < -0.3 is 9.72 Å². The molecular formula is C22H20N2O2S2. The van der Waals surface area contributed by atoms with Crippen molar-refractivity contribution >= 4 is 33.3 Å². The standard InChI is InChI=1S/C22H20N2O2S2/c1-14-8-10-17(11-9-14)26-12-13-27-22-23-20(25)19-18(15(2)28-21(19)24-22)16-6-4-3-5-7-16/h3-11H,12-13H2,1-2H3,(H,23,24,25). The molecule has 0 saturated heterocycles. The minimum Gasteiger partial charge on any atom is -0.493 e. The van der Waals surface area contributed by atoms with Gasteiger partial charge in [-0.3, -0.25) is 4.79 Å². The van der Waals surface area contributed by atoms with Crippen LogP contribution in [0.5, 0.6) is 5.75 Å². The van der Waals surface area contributed by atoms with Crippen LogP contribution < -0.4 is 10.3 Å². The molecule has 0 saturated carbocycles. The number of aromatic nitrogens is 2. The highest BCUT2D eigenvalue weighted by Gasteiger charge is 2.16. The number of ether oxygens (including phenoxy) is 1. The van der Waals surface area contributed by atoms with Gasteiger partial charge in [0.2, 0.25) is 0 Å². The lowest BCUT2D eigenvalue weighted by Crippen LogP contribution is -2.09. The van der Waals surface area contributed by atoms with Crippen molar-refractivity contribution in [3.8, 4) is 16.9 Å². The van der Waals surface area contributed by atoms with E-state index in [0.717, 1.165) is 26.6 Å². The first-order valence-corrected chi connectivity index (χ1v) is 10.8. The summed E-state index contributed by atoms with van der Waals surface area (Å²) >= 11 is 3.06. The van der Waals surface area contributed by atoms with Crippen molar-refractivity contribution in [2.45, 2.75) is 19.0 Å². The molecule has 2 aromatic carbocycles. The Balaban J connectivity index is 1.50. The molecule has 142 valence electrons. The molecule has 2 heterocycles. The maximum Gasteiger partial charge on any atom is 0.260 e. The van der Waals surface area contributed by atoms with Crippen LogP contribution in [0.2, 0.25) is 0 Å². The molecule has 0 amide bonds. The van der Waals surface area contributed by atoms with Crippen LogP contribution in [0.3, 0.4) is 0 Å². The van der Waals surface area contributed by atoms with Crippen LogP contribution >= 0.6 is 23.1 Å². The topological polar surface area (TPSA) is 55.0 Å². The largest absolute Gasteiger partial charge is 0.493 e. The van der Waals surface area contributed by atoms with E-state index < -0.39 is 0 Å². The molecule has 0 aliphatic rings. The van der Waals surface area contributed by atoms with Gasteiger partial charge in [-0.05, 0) is 31.5 Å². The van der Waals surface area contributed by atoms with Crippen molar-refractivity contribution in [3.05, 3.63) is 75.4 Å². The van der Waals surface area contributed by atoms with Gasteiger partial charge in [0.05, 0.1) is 12.0 Å². The molecule has 2 aromatic heterocycles. The van der Waals surface area contributed by atoms with E-state index in [1.165, 1.54) is 17.3 Å². The SMILES string of the molecule is Cc1ccc(OCCSc2nc3sc(C)c(-c4ccccc4)c3c(=O)[nH]2)cc1. The Morgan fingerprint density at radius 2 is 1.82 bits per heavy atom. The molecule has 0 radical (unpaired) electrons. The van der Waals surface area contributed by atoms with Crippen LogP contribution in [-0.2, 0) is 0 Å². The number of aryl methyl sites for hydroxylation is 2. The van der Waals surface area contributed by atoms with Crippen molar-refractivity contribution in [3.63, 3.8) is 0 Å². The fraction of sp³-hybridized carbons (Fsp3) is 0.182. The average molecular weight is 409 g/mol. The number of hydrogen-bond acceptors (Lipinski definition) is 5. The lowest BCUT2D eigenvalue weighted by Gasteiger charge is -2.06. The van der Waals surface area contributed by atoms with Crippen LogP contribution in [-0.4, -0.2) is 22.3 Å². The van der Waals surface area contributed by atoms with Gasteiger partial charge in [-0.25, -0.2) is 4.98 Å². The summed E-state index contributed by atoms with van der Waals surface area (Å²) in [6.45, 7) is 4.64. The fourth-order valence-electron chi connectivity index (χ4n) is 3.05. The third kappa shape index (κ3) is 3.98. The lowest BCUT2D eigenvalue weighted by atomic mass is 10.0. The van der Waals surface area contributed by atoms with Gasteiger partial charge in [0.1, 0.15) is 10.6 Å². The third-order valence-corrected chi connectivity index (χ3v) is 6.23. The zero-order chi connectivity index (χ0) is 19.5. The van der Waals surface area contributed by atoms with Gasteiger partial charge >= 0.3 is 0 Å². The predicted molar refractivity (Wildman–Crippen MR) is 118 cm³/mol. The van der Waals surface area contributed by atoms with E-state index in [1.807, 2.05) is 68.4 Å². The van der Waals surface area contributed by atoms with Crippen LogP contribution in [0.1, 0.15) is 10.4 Å². The second-order valence-electron chi connectivity index (χ2n) is 6.46. The van der Waals surface area contributed by atoms with E-state index in [9.17, 15) is 4.79 Å². The maximum atomic E-state index is 12.8. The van der Waals surface area contributed by atoms with Crippen LogP contribution in [0.15, 0.2) is 64.5 Å². The summed E-state index contributed by atoms with van der Waals surface area (Å²) in [7, 11) is 0. The van der Waals surface area contributed by atoms with Gasteiger partial charge in [0.25, 0.3) is 5.56 Å². The molecule has 4 nitrogen and oxygen atoms in total. The minimum atomic E-state index is -0.0878. The summed E-state index contributed by atoms with van der Waals surface area (Å²) in [4.78, 5) is 22.2. The highest BCUT2D eigenvalue weighted by atomic mass is 32.2. The number of hydrogen-bond donors (Lipinski definition) is 1. The van der Waals surface area contributed by atoms with Crippen molar-refractivity contribution < 1.29 is 4.74 Å². The number of thiophene rings is 1. The maximum absolute atomic E-state index is 12.8. The third-order valence-electron chi connectivity index (χ3n) is 4.39. The minimum absolute atomic E-state index is 0.0878. The molecule has 28 heavy (non-hydrogen) atoms. The van der Waals surface area contributed by atoms with E-state index >= 15 is 0 Å². The van der Waals surface area contributed by atoms with Gasteiger partial charge in [-0.15, -0.1) is 11.3 Å². The van der Waals surface area contributed by atoms with E-state index in [4.69, 9.17) is 4.74 Å². The number of benzene rings is 2. The van der Waals surface area contributed by atoms with E-state index in [1.54, 1.807) is 11.3 Å². The number of fused-ring (bicyclic) bond motifs is 1. The predicted octanol–water partition coefficient (Wildman–Crippen LogP) is 5.44. The summed E-state index contributed by atoms with van der Waals surface area (Å²) in [5.41, 5.74) is 3.15. The monoisotopic (exact) mass is 408 g/mol. The molecule has 0 atom stereocenters. The number of nitrogens with zero attached hydrogens (tertiary/aromatic N) is 1. The Labute approximate surface area is 171 Å². The molecular weight excluding hydrogens is 388 g/mol. The Hall–Kier alpha value is -2.57. The van der Waals surface area contributed by atoms with Crippen LogP contribution in [0, 0.1) is 13.8 Å².